The summed E-state index contributed by atoms with van der Waals surface area (Å²) in [5.74, 6) is -1.32. The van der Waals surface area contributed by atoms with Gasteiger partial charge in [-0.25, -0.2) is 9.78 Å². The van der Waals surface area contributed by atoms with Crippen LogP contribution in [-0.2, 0) is 6.54 Å². The van der Waals surface area contributed by atoms with Crippen molar-refractivity contribution in [3.63, 3.8) is 0 Å². The maximum atomic E-state index is 11.2. The monoisotopic (exact) mass is 307 g/mol. The maximum Gasteiger partial charge on any atom is 0.342 e. The highest BCUT2D eigenvalue weighted by Gasteiger charge is 2.26. The summed E-state index contributed by atoms with van der Waals surface area (Å²) in [7, 11) is 1.67. The average molecular weight is 307 g/mol. The molecule has 0 saturated heterocycles. The van der Waals surface area contributed by atoms with E-state index in [0.29, 0.717) is 6.54 Å². The fraction of sp³-hybridized carbons (Fsp3) is 0.231. The molecule has 1 aromatic heterocycles. The van der Waals surface area contributed by atoms with Crippen LogP contribution < -0.4 is 4.90 Å². The third kappa shape index (κ3) is 3.16. The van der Waals surface area contributed by atoms with Gasteiger partial charge < -0.3 is 10.0 Å². The number of carboxylic acids is 1. The second-order valence-electron chi connectivity index (χ2n) is 4.45. The molecule has 0 fully saturated rings. The predicted molar refractivity (Wildman–Crippen MR) is 79.0 cm³/mol. The molecule has 0 spiro atoms. The Bertz CT molecular complexity index is 698. The molecule has 1 aromatic carbocycles. The molecule has 0 amide bonds. The number of thiazole rings is 1. The van der Waals surface area contributed by atoms with Crippen LogP contribution in [0, 0.1) is 17.0 Å². The summed E-state index contributed by atoms with van der Waals surface area (Å²) in [5, 5.41) is 23.1. The van der Waals surface area contributed by atoms with Crippen molar-refractivity contribution < 1.29 is 14.8 Å². The molecule has 0 radical (unpaired) electrons. The minimum atomic E-state index is -1.32. The van der Waals surface area contributed by atoms with Gasteiger partial charge in [-0.3, -0.25) is 10.1 Å². The third-order valence-electron chi connectivity index (χ3n) is 2.90. The van der Waals surface area contributed by atoms with Gasteiger partial charge in [-0.2, -0.15) is 0 Å². The summed E-state index contributed by atoms with van der Waals surface area (Å²) in [6, 6.07) is 4.25. The highest BCUT2D eigenvalue weighted by Crippen LogP contribution is 2.32. The number of anilines is 1. The van der Waals surface area contributed by atoms with E-state index in [1.807, 2.05) is 12.3 Å². The average Bonchev–Trinajstić information content (AvgIpc) is 2.82. The second kappa shape index (κ2) is 5.88. The number of benzene rings is 1. The minimum absolute atomic E-state index is 0.255. The molecule has 0 aliphatic heterocycles. The number of nitrogens with zero attached hydrogens (tertiary/aromatic N) is 3. The molecule has 0 atom stereocenters. The molecule has 0 saturated carbocycles. The lowest BCUT2D eigenvalue weighted by Crippen LogP contribution is -2.19. The van der Waals surface area contributed by atoms with Crippen LogP contribution in [-0.4, -0.2) is 28.0 Å². The molecule has 0 unspecified atom stereocenters. The van der Waals surface area contributed by atoms with Crippen LogP contribution in [0.1, 0.15) is 21.1 Å². The zero-order chi connectivity index (χ0) is 15.6. The zero-order valence-electron chi connectivity index (χ0n) is 11.4. The van der Waals surface area contributed by atoms with Crippen molar-refractivity contribution in [1.82, 2.24) is 4.98 Å². The Kier molecular flexibility index (Phi) is 4.18. The van der Waals surface area contributed by atoms with E-state index in [2.05, 4.69) is 4.98 Å². The van der Waals surface area contributed by atoms with Crippen LogP contribution in [0.5, 0.6) is 0 Å². The summed E-state index contributed by atoms with van der Waals surface area (Å²) >= 11 is 1.49. The van der Waals surface area contributed by atoms with E-state index in [0.717, 1.165) is 10.7 Å². The van der Waals surface area contributed by atoms with E-state index < -0.39 is 16.6 Å². The number of rotatable bonds is 5. The number of hydrogen-bond acceptors (Lipinski definition) is 6. The van der Waals surface area contributed by atoms with E-state index >= 15 is 0 Å². The standard InChI is InChI=1S/C13H13N3O4S/c1-8-14-9(7-21-8)6-15(2)11-5-3-4-10(13(17)18)12(11)16(19)20/h3-5,7H,6H2,1-2H3,(H,17,18). The van der Waals surface area contributed by atoms with E-state index in [1.54, 1.807) is 11.9 Å². The zero-order valence-corrected chi connectivity index (χ0v) is 12.3. The van der Waals surface area contributed by atoms with Gasteiger partial charge in [0.1, 0.15) is 11.3 Å². The van der Waals surface area contributed by atoms with Gasteiger partial charge in [0, 0.05) is 12.4 Å². The van der Waals surface area contributed by atoms with Crippen molar-refractivity contribution in [2.45, 2.75) is 13.5 Å². The Morgan fingerprint density at radius 3 is 2.76 bits per heavy atom. The molecule has 110 valence electrons. The Labute approximate surface area is 124 Å². The molecule has 2 aromatic rings. The Balaban J connectivity index is 2.40. The second-order valence-corrected chi connectivity index (χ2v) is 5.51. The Hall–Kier alpha value is -2.48. The lowest BCUT2D eigenvalue weighted by atomic mass is 10.1. The molecule has 21 heavy (non-hydrogen) atoms. The fourth-order valence-electron chi connectivity index (χ4n) is 2.01. The molecule has 0 bridgehead atoms. The molecule has 1 N–H and O–H groups in total. The molecule has 1 heterocycles. The maximum absolute atomic E-state index is 11.2. The molecule has 7 nitrogen and oxygen atoms in total. The molecular weight excluding hydrogens is 294 g/mol. The van der Waals surface area contributed by atoms with Crippen molar-refractivity contribution in [3.05, 3.63) is 50.0 Å². The van der Waals surface area contributed by atoms with Crippen LogP contribution >= 0.6 is 11.3 Å². The number of nitro groups is 1. The Morgan fingerprint density at radius 1 is 1.52 bits per heavy atom. The number of hydrogen-bond donors (Lipinski definition) is 1. The van der Waals surface area contributed by atoms with Gasteiger partial charge in [0.2, 0.25) is 0 Å². The highest BCUT2D eigenvalue weighted by molar-refractivity contribution is 7.09. The quantitative estimate of drug-likeness (QED) is 0.674. The van der Waals surface area contributed by atoms with Crippen molar-refractivity contribution in [2.75, 3.05) is 11.9 Å². The number of para-hydroxylation sites is 1. The largest absolute Gasteiger partial charge is 0.477 e. The van der Waals surface area contributed by atoms with Gasteiger partial charge in [-0.1, -0.05) is 6.07 Å². The lowest BCUT2D eigenvalue weighted by Gasteiger charge is -2.18. The lowest BCUT2D eigenvalue weighted by molar-refractivity contribution is -0.384. The van der Waals surface area contributed by atoms with Gasteiger partial charge in [-0.15, -0.1) is 11.3 Å². The number of nitro benzene ring substituents is 1. The van der Waals surface area contributed by atoms with Crippen molar-refractivity contribution in [2.24, 2.45) is 0 Å². The van der Waals surface area contributed by atoms with Crippen LogP contribution in [0.4, 0.5) is 11.4 Å². The normalized spacial score (nSPS) is 10.4. The summed E-state index contributed by atoms with van der Waals surface area (Å²) in [5.41, 5.74) is 0.318. The van der Waals surface area contributed by atoms with Crippen LogP contribution in [0.2, 0.25) is 0 Å². The molecular formula is C13H13N3O4S. The summed E-state index contributed by atoms with van der Waals surface area (Å²) in [6.45, 7) is 2.25. The molecule has 2 rings (SSSR count). The molecule has 0 aliphatic rings. The molecule has 0 aliphatic carbocycles. The van der Waals surface area contributed by atoms with Crippen molar-refractivity contribution >= 4 is 28.7 Å². The number of carboxylic acid groups (broad SMARTS) is 1. The SMILES string of the molecule is Cc1nc(CN(C)c2cccc(C(=O)O)c2[N+](=O)[O-])cs1. The first-order valence-electron chi connectivity index (χ1n) is 6.03. The van der Waals surface area contributed by atoms with Gasteiger partial charge in [0.05, 0.1) is 22.2 Å². The smallest absolute Gasteiger partial charge is 0.342 e. The van der Waals surface area contributed by atoms with Crippen molar-refractivity contribution in [1.29, 1.82) is 0 Å². The number of carbonyl (C=O) groups is 1. The fourth-order valence-corrected chi connectivity index (χ4v) is 2.62. The van der Waals surface area contributed by atoms with Gasteiger partial charge in [0.25, 0.3) is 0 Å². The third-order valence-corrected chi connectivity index (χ3v) is 3.73. The van der Waals surface area contributed by atoms with E-state index in [9.17, 15) is 14.9 Å². The summed E-state index contributed by atoms with van der Waals surface area (Å²) in [4.78, 5) is 27.6. The topological polar surface area (TPSA) is 96.6 Å². The first-order valence-corrected chi connectivity index (χ1v) is 6.91. The highest BCUT2D eigenvalue weighted by atomic mass is 32.1. The van der Waals surface area contributed by atoms with E-state index in [1.165, 1.54) is 29.5 Å². The van der Waals surface area contributed by atoms with Crippen molar-refractivity contribution in [3.8, 4) is 0 Å². The number of aryl methyl sites for hydroxylation is 1. The van der Waals surface area contributed by atoms with Gasteiger partial charge >= 0.3 is 11.7 Å². The van der Waals surface area contributed by atoms with Crippen LogP contribution in [0.25, 0.3) is 0 Å². The first kappa shape index (κ1) is 14.9. The molecule has 8 heteroatoms. The van der Waals surface area contributed by atoms with Crippen LogP contribution in [0.15, 0.2) is 23.6 Å². The van der Waals surface area contributed by atoms with Gasteiger partial charge in [-0.05, 0) is 19.1 Å². The van der Waals surface area contributed by atoms with Crippen LogP contribution in [0.3, 0.4) is 0 Å². The van der Waals surface area contributed by atoms with E-state index in [4.69, 9.17) is 5.11 Å². The number of aromatic nitrogens is 1. The summed E-state index contributed by atoms with van der Waals surface area (Å²) in [6.07, 6.45) is 0. The summed E-state index contributed by atoms with van der Waals surface area (Å²) < 4.78 is 0. The minimum Gasteiger partial charge on any atom is -0.477 e. The Morgan fingerprint density at radius 2 is 2.24 bits per heavy atom. The number of aromatic carboxylic acids is 1. The predicted octanol–water partition coefficient (Wildman–Crippen LogP) is 2.69. The first-order chi connectivity index (χ1) is 9.90. The van der Waals surface area contributed by atoms with E-state index in [-0.39, 0.29) is 11.3 Å². The van der Waals surface area contributed by atoms with Gasteiger partial charge in [0.15, 0.2) is 0 Å².